The van der Waals surface area contributed by atoms with Gasteiger partial charge < -0.3 is 14.8 Å². The molecule has 1 N–H and O–H groups in total. The molecule has 9 heteroatoms. The Bertz CT molecular complexity index is 1240. The number of halogens is 1. The van der Waals surface area contributed by atoms with Crippen molar-refractivity contribution in [2.45, 2.75) is 29.1 Å². The van der Waals surface area contributed by atoms with Gasteiger partial charge in [0.25, 0.3) is 0 Å². The third-order valence-corrected chi connectivity index (χ3v) is 8.35. The van der Waals surface area contributed by atoms with Gasteiger partial charge in [-0.2, -0.15) is 0 Å². The van der Waals surface area contributed by atoms with E-state index >= 15 is 0 Å². The molecule has 0 bridgehead atoms. The number of hydrogen-bond acceptors (Lipinski definition) is 6. The smallest absolute Gasteiger partial charge is 0.225 e. The molecule has 1 amide bonds. The van der Waals surface area contributed by atoms with E-state index in [-0.39, 0.29) is 28.0 Å². The van der Waals surface area contributed by atoms with Crippen LogP contribution in [0.4, 0.5) is 5.69 Å². The Morgan fingerprint density at radius 2 is 1.94 bits per heavy atom. The van der Waals surface area contributed by atoms with Crippen molar-refractivity contribution in [2.75, 3.05) is 19.0 Å². The molecule has 0 radical (unpaired) electrons. The monoisotopic (exact) mass is 477 g/mol. The van der Waals surface area contributed by atoms with Crippen LogP contribution in [0.15, 0.2) is 57.6 Å². The second-order valence-corrected chi connectivity index (χ2v) is 10.2. The molecular formula is C22H20ClNO5S2. The molecule has 1 atom stereocenters. The number of sulfone groups is 1. The van der Waals surface area contributed by atoms with Crippen LogP contribution in [-0.2, 0) is 14.6 Å². The van der Waals surface area contributed by atoms with Crippen LogP contribution in [0.1, 0.15) is 29.7 Å². The van der Waals surface area contributed by atoms with Crippen LogP contribution < -0.4 is 14.8 Å². The topological polar surface area (TPSA) is 81.7 Å². The van der Waals surface area contributed by atoms with Crippen LogP contribution in [0.25, 0.3) is 0 Å². The van der Waals surface area contributed by atoms with Crippen molar-refractivity contribution >= 4 is 44.4 Å². The maximum atomic E-state index is 13.3. The van der Waals surface area contributed by atoms with E-state index in [1.165, 1.54) is 35.6 Å². The summed E-state index contributed by atoms with van der Waals surface area (Å²) in [5.41, 5.74) is 1.11. The zero-order valence-electron chi connectivity index (χ0n) is 16.8. The van der Waals surface area contributed by atoms with Crippen LogP contribution in [0.2, 0.25) is 5.02 Å². The Balaban J connectivity index is 1.85. The van der Waals surface area contributed by atoms with E-state index in [1.807, 2.05) is 19.1 Å². The first kappa shape index (κ1) is 21.7. The lowest BCUT2D eigenvalue weighted by Crippen LogP contribution is -2.24. The van der Waals surface area contributed by atoms with Gasteiger partial charge in [0.1, 0.15) is 4.90 Å². The Morgan fingerprint density at radius 1 is 1.19 bits per heavy atom. The van der Waals surface area contributed by atoms with E-state index in [0.29, 0.717) is 28.8 Å². The number of fused-ring (bicyclic) bond motifs is 1. The summed E-state index contributed by atoms with van der Waals surface area (Å²) in [4.78, 5) is 13.6. The van der Waals surface area contributed by atoms with Gasteiger partial charge in [0, 0.05) is 33.2 Å². The van der Waals surface area contributed by atoms with Crippen LogP contribution in [0.5, 0.6) is 11.5 Å². The van der Waals surface area contributed by atoms with Gasteiger partial charge in [-0.3, -0.25) is 4.79 Å². The lowest BCUT2D eigenvalue weighted by atomic mass is 9.89. The number of nitrogens with one attached hydrogen (secondary N) is 1. The largest absolute Gasteiger partial charge is 0.493 e. The molecular weight excluding hydrogens is 458 g/mol. The zero-order valence-corrected chi connectivity index (χ0v) is 19.2. The maximum absolute atomic E-state index is 13.3. The van der Waals surface area contributed by atoms with Crippen molar-refractivity contribution in [2.24, 2.45) is 0 Å². The summed E-state index contributed by atoms with van der Waals surface area (Å²) >= 11 is 7.21. The number of hydrogen-bond donors (Lipinski definition) is 1. The second-order valence-electron chi connectivity index (χ2n) is 6.91. The van der Waals surface area contributed by atoms with Crippen molar-refractivity contribution in [3.8, 4) is 11.5 Å². The first-order valence-corrected chi connectivity index (χ1v) is 12.3. The summed E-state index contributed by atoms with van der Waals surface area (Å²) in [5.74, 6) is 0.527. The molecule has 0 spiro atoms. The molecule has 1 aliphatic heterocycles. The lowest BCUT2D eigenvalue weighted by Gasteiger charge is -2.26. The van der Waals surface area contributed by atoms with Gasteiger partial charge in [0.05, 0.1) is 24.3 Å². The molecule has 0 saturated heterocycles. The zero-order chi connectivity index (χ0) is 22.2. The van der Waals surface area contributed by atoms with Crippen molar-refractivity contribution < 1.29 is 22.7 Å². The summed E-state index contributed by atoms with van der Waals surface area (Å²) in [5, 5.41) is 4.79. The average Bonchev–Trinajstić information content (AvgIpc) is 3.18. The molecule has 162 valence electrons. The van der Waals surface area contributed by atoms with Crippen LogP contribution >= 0.6 is 22.9 Å². The van der Waals surface area contributed by atoms with E-state index in [0.717, 1.165) is 10.4 Å². The predicted molar refractivity (Wildman–Crippen MR) is 120 cm³/mol. The van der Waals surface area contributed by atoms with Crippen molar-refractivity contribution in [3.63, 3.8) is 0 Å². The number of methoxy groups -OCH3 is 1. The Kier molecular flexibility index (Phi) is 5.96. The number of carbonyl (C=O) groups is 1. The maximum Gasteiger partial charge on any atom is 0.225 e. The summed E-state index contributed by atoms with van der Waals surface area (Å²) in [6.07, 6.45) is 0.182. The highest BCUT2D eigenvalue weighted by molar-refractivity contribution is 7.91. The fourth-order valence-corrected chi connectivity index (χ4v) is 6.69. The number of amides is 1. The molecule has 2 heterocycles. The number of para-hydroxylation sites is 1. The summed E-state index contributed by atoms with van der Waals surface area (Å²) in [7, 11) is -2.28. The molecule has 2 aromatic carbocycles. The average molecular weight is 478 g/mol. The number of benzene rings is 2. The normalized spacial score (nSPS) is 15.8. The number of rotatable bonds is 6. The van der Waals surface area contributed by atoms with Gasteiger partial charge in [-0.15, -0.1) is 11.3 Å². The molecule has 4 rings (SSSR count). The minimum atomic E-state index is -3.83. The summed E-state index contributed by atoms with van der Waals surface area (Å²) in [6, 6.07) is 11.5. The molecule has 6 nitrogen and oxygen atoms in total. The number of ether oxygens (including phenoxy) is 2. The Hall–Kier alpha value is -2.55. The summed E-state index contributed by atoms with van der Waals surface area (Å²) < 4.78 is 37.8. The van der Waals surface area contributed by atoms with E-state index in [4.69, 9.17) is 21.1 Å². The Morgan fingerprint density at radius 3 is 2.61 bits per heavy atom. The minimum Gasteiger partial charge on any atom is -0.493 e. The van der Waals surface area contributed by atoms with E-state index < -0.39 is 9.84 Å². The van der Waals surface area contributed by atoms with Gasteiger partial charge in [-0.05, 0) is 37.3 Å². The highest BCUT2D eigenvalue weighted by Crippen LogP contribution is 2.49. The first-order chi connectivity index (χ1) is 14.9. The van der Waals surface area contributed by atoms with E-state index in [9.17, 15) is 13.2 Å². The summed E-state index contributed by atoms with van der Waals surface area (Å²) in [6.45, 7) is 2.30. The highest BCUT2D eigenvalue weighted by Gasteiger charge is 2.36. The van der Waals surface area contributed by atoms with Crippen molar-refractivity contribution in [3.05, 3.63) is 63.3 Å². The number of thiophene rings is 1. The molecule has 31 heavy (non-hydrogen) atoms. The van der Waals surface area contributed by atoms with E-state index in [2.05, 4.69) is 5.32 Å². The minimum absolute atomic E-state index is 0.0775. The SMILES string of the molecule is CCOc1c(OC)cccc1[C@H]1CC(=O)Nc2c(S(=O)(=O)c3ccc(Cl)cc3)csc21. The molecule has 0 fully saturated rings. The molecule has 0 saturated carbocycles. The van der Waals surface area contributed by atoms with E-state index in [1.54, 1.807) is 18.6 Å². The number of carbonyl (C=O) groups excluding carboxylic acids is 1. The first-order valence-electron chi connectivity index (χ1n) is 9.58. The van der Waals surface area contributed by atoms with Gasteiger partial charge >= 0.3 is 0 Å². The Labute approximate surface area is 189 Å². The molecule has 3 aromatic rings. The fourth-order valence-electron chi connectivity index (χ4n) is 3.66. The standard InChI is InChI=1S/C22H20ClNO5S2/c1-3-29-21-15(5-4-6-17(21)28-2)16-11-19(25)24-20-18(12-30-22(16)20)31(26,27)14-9-7-13(23)8-10-14/h4-10,12,16H,3,11H2,1-2H3,(H,24,25)/t16-/m1/s1. The predicted octanol–water partition coefficient (Wildman–Crippen LogP) is 5.12. The molecule has 0 unspecified atom stereocenters. The third kappa shape index (κ3) is 3.91. The van der Waals surface area contributed by atoms with Crippen LogP contribution in [-0.4, -0.2) is 28.0 Å². The third-order valence-electron chi connectivity index (χ3n) is 5.06. The fraction of sp³-hybridized carbons (Fsp3) is 0.227. The molecule has 1 aliphatic rings. The quantitative estimate of drug-likeness (QED) is 0.533. The second kappa shape index (κ2) is 8.53. The molecule has 0 aliphatic carbocycles. The molecule has 1 aromatic heterocycles. The van der Waals surface area contributed by atoms with Crippen LogP contribution in [0, 0.1) is 0 Å². The lowest BCUT2D eigenvalue weighted by molar-refractivity contribution is -0.116. The number of anilines is 1. The van der Waals surface area contributed by atoms with Gasteiger partial charge in [-0.25, -0.2) is 8.42 Å². The van der Waals surface area contributed by atoms with Crippen LogP contribution in [0.3, 0.4) is 0 Å². The van der Waals surface area contributed by atoms with Gasteiger partial charge in [0.2, 0.25) is 15.7 Å². The van der Waals surface area contributed by atoms with Crippen molar-refractivity contribution in [1.29, 1.82) is 0 Å². The van der Waals surface area contributed by atoms with Gasteiger partial charge in [-0.1, -0.05) is 23.7 Å². The highest BCUT2D eigenvalue weighted by atomic mass is 35.5. The van der Waals surface area contributed by atoms with Crippen molar-refractivity contribution in [1.82, 2.24) is 0 Å². The van der Waals surface area contributed by atoms with Gasteiger partial charge in [0.15, 0.2) is 11.5 Å².